The van der Waals surface area contributed by atoms with Gasteiger partial charge in [0.05, 0.1) is 11.8 Å². The van der Waals surface area contributed by atoms with Crippen LogP contribution in [0, 0.1) is 0 Å². The summed E-state index contributed by atoms with van der Waals surface area (Å²) < 4.78 is 65.8. The largest absolute Gasteiger partial charge is 0.398 e. The second kappa shape index (κ2) is 5.19. The fourth-order valence-electron chi connectivity index (χ4n) is 2.77. The molecule has 0 aromatic carbocycles. The smallest absolute Gasteiger partial charge is 0.313 e. The summed E-state index contributed by atoms with van der Waals surface area (Å²) in [5.41, 5.74) is 0. The molecule has 1 aliphatic carbocycles. The van der Waals surface area contributed by atoms with Crippen LogP contribution in [0.2, 0.25) is 0 Å². The molecule has 1 unspecified atom stereocenters. The summed E-state index contributed by atoms with van der Waals surface area (Å²) in [5.74, 6) is -1.45. The van der Waals surface area contributed by atoms with E-state index in [1.807, 2.05) is 0 Å². The molecular weight excluding hydrogens is 321 g/mol. The van der Waals surface area contributed by atoms with E-state index in [0.29, 0.717) is 25.8 Å². The highest BCUT2D eigenvalue weighted by Gasteiger charge is 2.45. The zero-order valence-corrected chi connectivity index (χ0v) is 12.9. The molecule has 0 saturated heterocycles. The maximum atomic E-state index is 13.0. The van der Waals surface area contributed by atoms with Gasteiger partial charge in [0.1, 0.15) is 17.6 Å². The van der Waals surface area contributed by atoms with Gasteiger partial charge < -0.3 is 4.57 Å². The Morgan fingerprint density at radius 1 is 1.27 bits per heavy atom. The minimum absolute atomic E-state index is 0.00214. The lowest BCUT2D eigenvalue weighted by Crippen LogP contribution is -2.32. The van der Waals surface area contributed by atoms with E-state index in [-0.39, 0.29) is 29.9 Å². The summed E-state index contributed by atoms with van der Waals surface area (Å²) >= 11 is 0. The number of hydrogen-bond acceptors (Lipinski definition) is 4. The Bertz CT molecular complexity index is 666. The van der Waals surface area contributed by atoms with Crippen LogP contribution in [-0.4, -0.2) is 46.0 Å². The first-order valence-electron chi connectivity index (χ1n) is 7.15. The number of sulfonamides is 1. The normalized spacial score (nSPS) is 22.9. The lowest BCUT2D eigenvalue weighted by Gasteiger charge is -2.26. The summed E-state index contributed by atoms with van der Waals surface area (Å²) in [6.07, 6.45) is -2.70. The predicted molar refractivity (Wildman–Crippen MR) is 71.5 cm³/mol. The van der Waals surface area contributed by atoms with Crippen molar-refractivity contribution >= 4 is 10.0 Å². The summed E-state index contributed by atoms with van der Waals surface area (Å²) in [6.45, 7) is 0.345. The molecule has 0 N–H and O–H groups in total. The average Bonchev–Trinajstić information content (AvgIpc) is 3.21. The highest BCUT2D eigenvalue weighted by molar-refractivity contribution is 7.90. The van der Waals surface area contributed by atoms with Crippen molar-refractivity contribution in [3.05, 3.63) is 11.6 Å². The number of aromatic nitrogens is 3. The number of nitrogens with zero attached hydrogens (tertiary/aromatic N) is 4. The van der Waals surface area contributed by atoms with Crippen molar-refractivity contribution in [3.8, 4) is 0 Å². The molecule has 1 aromatic rings. The van der Waals surface area contributed by atoms with Crippen molar-refractivity contribution in [1.29, 1.82) is 0 Å². The van der Waals surface area contributed by atoms with Gasteiger partial charge in [0.15, 0.2) is 0 Å². The summed E-state index contributed by atoms with van der Waals surface area (Å²) in [4.78, 5) is 0. The molecule has 124 valence electrons. The fourth-order valence-corrected chi connectivity index (χ4v) is 4.31. The molecule has 10 heteroatoms. The highest BCUT2D eigenvalue weighted by Crippen LogP contribution is 2.40. The van der Waals surface area contributed by atoms with E-state index >= 15 is 0 Å². The van der Waals surface area contributed by atoms with E-state index in [0.717, 1.165) is 0 Å². The minimum atomic E-state index is -4.35. The third kappa shape index (κ3) is 2.73. The molecule has 0 bridgehead atoms. The molecule has 1 aliphatic heterocycles. The molecule has 22 heavy (non-hydrogen) atoms. The Labute approximate surface area is 126 Å². The standard InChI is InChI=1S/C12H17F3N4O2S/c1-18(22(20,21)8-4-5-8)7-10-16-17-11-9(12(13,14)15)3-2-6-19(10)11/h8-9H,2-7H2,1H3. The molecule has 0 amide bonds. The second-order valence-corrected chi connectivity index (χ2v) is 8.18. The van der Waals surface area contributed by atoms with Gasteiger partial charge in [0, 0.05) is 13.6 Å². The van der Waals surface area contributed by atoms with Crippen LogP contribution in [0.3, 0.4) is 0 Å². The van der Waals surface area contributed by atoms with Gasteiger partial charge in [-0.1, -0.05) is 0 Å². The fraction of sp³-hybridized carbons (Fsp3) is 0.833. The van der Waals surface area contributed by atoms with Crippen LogP contribution >= 0.6 is 0 Å². The molecule has 1 aromatic heterocycles. The molecule has 1 fully saturated rings. The van der Waals surface area contributed by atoms with Crippen LogP contribution in [0.25, 0.3) is 0 Å². The van der Waals surface area contributed by atoms with Crippen molar-refractivity contribution in [2.45, 2.75) is 56.1 Å². The quantitative estimate of drug-likeness (QED) is 0.837. The van der Waals surface area contributed by atoms with Gasteiger partial charge in [-0.15, -0.1) is 10.2 Å². The molecule has 1 atom stereocenters. The second-order valence-electron chi connectivity index (χ2n) is 5.86. The zero-order chi connectivity index (χ0) is 16.1. The number of fused-ring (bicyclic) bond motifs is 1. The van der Waals surface area contributed by atoms with Crippen molar-refractivity contribution in [2.75, 3.05) is 7.05 Å². The molecule has 1 saturated carbocycles. The maximum Gasteiger partial charge on any atom is 0.398 e. The first-order chi connectivity index (χ1) is 10.2. The lowest BCUT2D eigenvalue weighted by atomic mass is 9.98. The van der Waals surface area contributed by atoms with E-state index in [2.05, 4.69) is 10.2 Å². The SMILES string of the molecule is CN(Cc1nnc2n1CCCC2C(F)(F)F)S(=O)(=O)C1CC1. The predicted octanol–water partition coefficient (Wildman–Crippen LogP) is 1.64. The van der Waals surface area contributed by atoms with Crippen LogP contribution in [0.1, 0.15) is 43.3 Å². The highest BCUT2D eigenvalue weighted by atomic mass is 32.2. The Balaban J connectivity index is 1.84. The van der Waals surface area contributed by atoms with E-state index < -0.39 is 22.1 Å². The van der Waals surface area contributed by atoms with Gasteiger partial charge in [-0.3, -0.25) is 0 Å². The van der Waals surface area contributed by atoms with Gasteiger partial charge in [0.2, 0.25) is 10.0 Å². The third-order valence-corrected chi connectivity index (χ3v) is 6.49. The molecule has 2 heterocycles. The Hall–Kier alpha value is -1.16. The molecule has 0 radical (unpaired) electrons. The third-order valence-electron chi connectivity index (χ3n) is 4.18. The Morgan fingerprint density at radius 2 is 1.95 bits per heavy atom. The molecular formula is C12H17F3N4O2S. The van der Waals surface area contributed by atoms with Gasteiger partial charge in [-0.05, 0) is 25.7 Å². The van der Waals surface area contributed by atoms with Crippen LogP contribution in [0.15, 0.2) is 0 Å². The van der Waals surface area contributed by atoms with Crippen LogP contribution in [0.4, 0.5) is 13.2 Å². The van der Waals surface area contributed by atoms with E-state index in [4.69, 9.17) is 0 Å². The van der Waals surface area contributed by atoms with Crippen LogP contribution < -0.4 is 0 Å². The number of rotatable bonds is 4. The van der Waals surface area contributed by atoms with E-state index in [1.54, 1.807) is 0 Å². The molecule has 6 nitrogen and oxygen atoms in total. The van der Waals surface area contributed by atoms with Gasteiger partial charge >= 0.3 is 6.18 Å². The van der Waals surface area contributed by atoms with Gasteiger partial charge in [0.25, 0.3) is 0 Å². The topological polar surface area (TPSA) is 68.1 Å². The number of alkyl halides is 3. The Morgan fingerprint density at radius 3 is 2.55 bits per heavy atom. The Kier molecular flexibility index (Phi) is 3.71. The monoisotopic (exact) mass is 338 g/mol. The van der Waals surface area contributed by atoms with Crippen LogP contribution in [-0.2, 0) is 23.1 Å². The zero-order valence-electron chi connectivity index (χ0n) is 12.0. The number of hydrogen-bond donors (Lipinski definition) is 0. The molecule has 3 rings (SSSR count). The average molecular weight is 338 g/mol. The van der Waals surface area contributed by atoms with E-state index in [9.17, 15) is 21.6 Å². The van der Waals surface area contributed by atoms with Crippen molar-refractivity contribution in [1.82, 2.24) is 19.1 Å². The van der Waals surface area contributed by atoms with Crippen molar-refractivity contribution in [2.24, 2.45) is 0 Å². The van der Waals surface area contributed by atoms with Gasteiger partial charge in [-0.2, -0.15) is 17.5 Å². The summed E-state index contributed by atoms with van der Waals surface area (Å²) in [7, 11) is -1.95. The van der Waals surface area contributed by atoms with Crippen molar-refractivity contribution < 1.29 is 21.6 Å². The first-order valence-corrected chi connectivity index (χ1v) is 8.65. The molecule has 0 spiro atoms. The first kappa shape index (κ1) is 15.7. The minimum Gasteiger partial charge on any atom is -0.313 e. The number of halogens is 3. The summed E-state index contributed by atoms with van der Waals surface area (Å²) in [6, 6.07) is 0. The van der Waals surface area contributed by atoms with E-state index in [1.165, 1.54) is 15.9 Å². The molecule has 2 aliphatic rings. The summed E-state index contributed by atoms with van der Waals surface area (Å²) in [5, 5.41) is 7.12. The van der Waals surface area contributed by atoms with Gasteiger partial charge in [-0.25, -0.2) is 8.42 Å². The lowest BCUT2D eigenvalue weighted by molar-refractivity contribution is -0.156. The van der Waals surface area contributed by atoms with Crippen molar-refractivity contribution in [3.63, 3.8) is 0 Å². The maximum absolute atomic E-state index is 13.0. The van der Waals surface area contributed by atoms with Crippen LogP contribution in [0.5, 0.6) is 0 Å².